The lowest BCUT2D eigenvalue weighted by atomic mass is 10.1. The maximum atomic E-state index is 10.9. The van der Waals surface area contributed by atoms with Crippen molar-refractivity contribution in [3.8, 4) is 5.75 Å². The molecule has 0 amide bonds. The first-order valence-electron chi connectivity index (χ1n) is 6.12. The van der Waals surface area contributed by atoms with Crippen LogP contribution in [0, 0.1) is 10.1 Å². The van der Waals surface area contributed by atoms with Gasteiger partial charge in [0.25, 0.3) is 0 Å². The minimum absolute atomic E-state index is 0.00801. The SMILES string of the molecule is COCCC(C)NCc1ccc(OC)c([N+](=O)[O-])c1. The van der Waals surface area contributed by atoms with E-state index in [1.165, 1.54) is 13.2 Å². The third-order valence-corrected chi connectivity index (χ3v) is 2.85. The number of hydrogen-bond acceptors (Lipinski definition) is 5. The van der Waals surface area contributed by atoms with Gasteiger partial charge in [0.05, 0.1) is 12.0 Å². The van der Waals surface area contributed by atoms with E-state index in [0.29, 0.717) is 19.2 Å². The number of benzene rings is 1. The molecule has 0 heterocycles. The Morgan fingerprint density at radius 3 is 2.74 bits per heavy atom. The Labute approximate surface area is 112 Å². The zero-order valence-electron chi connectivity index (χ0n) is 11.5. The predicted molar refractivity (Wildman–Crippen MR) is 72.4 cm³/mol. The second-order valence-electron chi connectivity index (χ2n) is 4.33. The van der Waals surface area contributed by atoms with Gasteiger partial charge < -0.3 is 14.8 Å². The maximum Gasteiger partial charge on any atom is 0.311 e. The molecule has 1 rings (SSSR count). The molecule has 0 aromatic heterocycles. The van der Waals surface area contributed by atoms with E-state index in [4.69, 9.17) is 9.47 Å². The van der Waals surface area contributed by atoms with Gasteiger partial charge in [-0.25, -0.2) is 0 Å². The van der Waals surface area contributed by atoms with Crippen LogP contribution in [0.3, 0.4) is 0 Å². The molecular weight excluding hydrogens is 248 g/mol. The van der Waals surface area contributed by atoms with E-state index in [-0.39, 0.29) is 11.4 Å². The number of methoxy groups -OCH3 is 2. The van der Waals surface area contributed by atoms with Gasteiger partial charge in [-0.1, -0.05) is 6.07 Å². The Hall–Kier alpha value is -1.66. The fraction of sp³-hybridized carbons (Fsp3) is 0.538. The van der Waals surface area contributed by atoms with Crippen molar-refractivity contribution in [3.63, 3.8) is 0 Å². The third-order valence-electron chi connectivity index (χ3n) is 2.85. The van der Waals surface area contributed by atoms with Gasteiger partial charge in [0.15, 0.2) is 5.75 Å². The van der Waals surface area contributed by atoms with Gasteiger partial charge in [-0.05, 0) is 25.0 Å². The lowest BCUT2D eigenvalue weighted by Crippen LogP contribution is -2.26. The van der Waals surface area contributed by atoms with Gasteiger partial charge in [-0.15, -0.1) is 0 Å². The number of nitrogens with zero attached hydrogens (tertiary/aromatic N) is 1. The van der Waals surface area contributed by atoms with Crippen molar-refractivity contribution in [2.45, 2.75) is 25.9 Å². The largest absolute Gasteiger partial charge is 0.490 e. The number of nitro groups is 1. The second-order valence-corrected chi connectivity index (χ2v) is 4.33. The maximum absolute atomic E-state index is 10.9. The molecule has 0 spiro atoms. The average Bonchev–Trinajstić information content (AvgIpc) is 2.42. The van der Waals surface area contributed by atoms with Gasteiger partial charge in [0.2, 0.25) is 0 Å². The predicted octanol–water partition coefficient (Wildman–Crippen LogP) is 2.12. The van der Waals surface area contributed by atoms with Crippen LogP contribution in [0.5, 0.6) is 5.75 Å². The molecule has 0 aliphatic carbocycles. The van der Waals surface area contributed by atoms with Crippen molar-refractivity contribution in [1.82, 2.24) is 5.32 Å². The molecule has 6 nitrogen and oxygen atoms in total. The smallest absolute Gasteiger partial charge is 0.311 e. The van der Waals surface area contributed by atoms with Crippen LogP contribution < -0.4 is 10.1 Å². The first kappa shape index (κ1) is 15.4. The molecule has 0 fully saturated rings. The third kappa shape index (κ3) is 4.84. The van der Waals surface area contributed by atoms with Gasteiger partial charge in [0, 0.05) is 32.4 Å². The first-order valence-corrected chi connectivity index (χ1v) is 6.12. The summed E-state index contributed by atoms with van der Waals surface area (Å²) in [4.78, 5) is 10.5. The van der Waals surface area contributed by atoms with Crippen molar-refractivity contribution >= 4 is 5.69 Å². The molecule has 0 aliphatic rings. The normalized spacial score (nSPS) is 12.2. The molecule has 1 N–H and O–H groups in total. The molecule has 0 saturated carbocycles. The van der Waals surface area contributed by atoms with Crippen molar-refractivity contribution < 1.29 is 14.4 Å². The number of nitro benzene ring substituents is 1. The number of nitrogens with one attached hydrogen (secondary N) is 1. The molecule has 19 heavy (non-hydrogen) atoms. The van der Waals surface area contributed by atoms with E-state index in [2.05, 4.69) is 12.2 Å². The molecule has 0 aliphatic heterocycles. The van der Waals surface area contributed by atoms with Crippen LogP contribution in [-0.2, 0) is 11.3 Å². The fourth-order valence-electron chi connectivity index (χ4n) is 1.68. The molecule has 1 unspecified atom stereocenters. The molecular formula is C13H20N2O4. The lowest BCUT2D eigenvalue weighted by Gasteiger charge is -2.13. The summed E-state index contributed by atoms with van der Waals surface area (Å²) in [5.41, 5.74) is 0.850. The summed E-state index contributed by atoms with van der Waals surface area (Å²) in [6.07, 6.45) is 0.898. The monoisotopic (exact) mass is 268 g/mol. The Morgan fingerprint density at radius 2 is 2.16 bits per heavy atom. The molecule has 6 heteroatoms. The van der Waals surface area contributed by atoms with Crippen molar-refractivity contribution in [3.05, 3.63) is 33.9 Å². The molecule has 106 valence electrons. The minimum Gasteiger partial charge on any atom is -0.490 e. The van der Waals surface area contributed by atoms with E-state index >= 15 is 0 Å². The fourth-order valence-corrected chi connectivity index (χ4v) is 1.68. The highest BCUT2D eigenvalue weighted by Crippen LogP contribution is 2.27. The van der Waals surface area contributed by atoms with Gasteiger partial charge in [-0.3, -0.25) is 10.1 Å². The standard InChI is InChI=1S/C13H20N2O4/c1-10(6-7-18-2)14-9-11-4-5-13(19-3)12(8-11)15(16)17/h4-5,8,10,14H,6-7,9H2,1-3H3. The van der Waals surface area contributed by atoms with Crippen molar-refractivity contribution in [1.29, 1.82) is 0 Å². The second kappa shape index (κ2) is 7.70. The van der Waals surface area contributed by atoms with Crippen LogP contribution in [0.4, 0.5) is 5.69 Å². The van der Waals surface area contributed by atoms with Crippen LogP contribution in [-0.4, -0.2) is 31.8 Å². The summed E-state index contributed by atoms with van der Waals surface area (Å²) in [5.74, 6) is 0.279. The Balaban J connectivity index is 2.64. The molecule has 0 bridgehead atoms. The highest BCUT2D eigenvalue weighted by molar-refractivity contribution is 5.48. The summed E-state index contributed by atoms with van der Waals surface area (Å²) < 4.78 is 9.96. The van der Waals surface area contributed by atoms with Gasteiger partial charge >= 0.3 is 5.69 Å². The Bertz CT molecular complexity index is 423. The first-order chi connectivity index (χ1) is 9.08. The Kier molecular flexibility index (Phi) is 6.24. The van der Waals surface area contributed by atoms with Crippen LogP contribution in [0.1, 0.15) is 18.9 Å². The average molecular weight is 268 g/mol. The topological polar surface area (TPSA) is 73.6 Å². The number of rotatable bonds is 8. The number of hydrogen-bond donors (Lipinski definition) is 1. The summed E-state index contributed by atoms with van der Waals surface area (Å²) in [7, 11) is 3.09. The summed E-state index contributed by atoms with van der Waals surface area (Å²) in [6, 6.07) is 5.27. The summed E-state index contributed by atoms with van der Waals surface area (Å²) in [5, 5.41) is 14.2. The molecule has 0 radical (unpaired) electrons. The minimum atomic E-state index is -0.434. The highest BCUT2D eigenvalue weighted by Gasteiger charge is 2.15. The van der Waals surface area contributed by atoms with Crippen molar-refractivity contribution in [2.75, 3.05) is 20.8 Å². The van der Waals surface area contributed by atoms with E-state index in [9.17, 15) is 10.1 Å². The lowest BCUT2D eigenvalue weighted by molar-refractivity contribution is -0.385. The van der Waals surface area contributed by atoms with Crippen LogP contribution in [0.15, 0.2) is 18.2 Å². The molecule has 1 atom stereocenters. The molecule has 1 aromatic carbocycles. The highest BCUT2D eigenvalue weighted by atomic mass is 16.6. The molecule has 0 saturated heterocycles. The van der Waals surface area contributed by atoms with E-state index < -0.39 is 4.92 Å². The van der Waals surface area contributed by atoms with Gasteiger partial charge in [-0.2, -0.15) is 0 Å². The molecule has 1 aromatic rings. The van der Waals surface area contributed by atoms with E-state index in [0.717, 1.165) is 12.0 Å². The number of ether oxygens (including phenoxy) is 2. The van der Waals surface area contributed by atoms with Crippen LogP contribution in [0.2, 0.25) is 0 Å². The van der Waals surface area contributed by atoms with E-state index in [1.807, 2.05) is 6.07 Å². The summed E-state index contributed by atoms with van der Waals surface area (Å²) in [6.45, 7) is 3.32. The van der Waals surface area contributed by atoms with Crippen LogP contribution >= 0.6 is 0 Å². The van der Waals surface area contributed by atoms with Crippen molar-refractivity contribution in [2.24, 2.45) is 0 Å². The zero-order chi connectivity index (χ0) is 14.3. The zero-order valence-corrected chi connectivity index (χ0v) is 11.5. The Morgan fingerprint density at radius 1 is 1.42 bits per heavy atom. The van der Waals surface area contributed by atoms with Crippen LogP contribution in [0.25, 0.3) is 0 Å². The van der Waals surface area contributed by atoms with Gasteiger partial charge in [0.1, 0.15) is 0 Å². The summed E-state index contributed by atoms with van der Waals surface area (Å²) >= 11 is 0. The quantitative estimate of drug-likeness (QED) is 0.577. The van der Waals surface area contributed by atoms with E-state index in [1.54, 1.807) is 13.2 Å².